The highest BCUT2D eigenvalue weighted by atomic mass is 32.1. The molecule has 234 valence electrons. The fraction of sp³-hybridized carbons (Fsp3) is 0.132. The van der Waals surface area contributed by atoms with E-state index in [2.05, 4.69) is 4.98 Å². The van der Waals surface area contributed by atoms with Crippen molar-refractivity contribution in [1.82, 2.24) is 9.55 Å². The summed E-state index contributed by atoms with van der Waals surface area (Å²) in [6.45, 7) is 1.93. The zero-order valence-corrected chi connectivity index (χ0v) is 26.8. The molecule has 0 saturated carbocycles. The van der Waals surface area contributed by atoms with Gasteiger partial charge in [-0.05, 0) is 42.3 Å². The Bertz CT molecular complexity index is 2340. The number of hydrogen-bond acceptors (Lipinski definition) is 7. The summed E-state index contributed by atoms with van der Waals surface area (Å²) in [5, 5.41) is 0.913. The predicted molar refractivity (Wildman–Crippen MR) is 184 cm³/mol. The summed E-state index contributed by atoms with van der Waals surface area (Å²) in [7, 11) is 3.22. The maximum Gasteiger partial charge on any atom is 0.338 e. The van der Waals surface area contributed by atoms with Crippen LogP contribution in [0.3, 0.4) is 0 Å². The lowest BCUT2D eigenvalue weighted by Crippen LogP contribution is -2.40. The Kier molecular flexibility index (Phi) is 8.05. The Balaban J connectivity index is 1.54. The van der Waals surface area contributed by atoms with Crippen LogP contribution in [0, 0.1) is 0 Å². The molecular formula is C38H31N3O5S. The fourth-order valence-corrected chi connectivity index (χ4v) is 7.05. The van der Waals surface area contributed by atoms with Crippen LogP contribution in [-0.2, 0) is 9.53 Å². The first kappa shape index (κ1) is 30.0. The van der Waals surface area contributed by atoms with E-state index >= 15 is 0 Å². The number of aromatic amines is 1. The zero-order chi connectivity index (χ0) is 32.5. The van der Waals surface area contributed by atoms with Crippen LogP contribution >= 0.6 is 11.3 Å². The average molecular weight is 642 g/mol. The van der Waals surface area contributed by atoms with Gasteiger partial charge in [0.25, 0.3) is 5.56 Å². The van der Waals surface area contributed by atoms with Gasteiger partial charge in [-0.3, -0.25) is 9.36 Å². The van der Waals surface area contributed by atoms with Gasteiger partial charge in [0.05, 0.1) is 53.9 Å². The molecule has 3 heterocycles. The van der Waals surface area contributed by atoms with Gasteiger partial charge in [0.2, 0.25) is 0 Å². The minimum absolute atomic E-state index is 0.173. The van der Waals surface area contributed by atoms with Crippen molar-refractivity contribution in [3.8, 4) is 22.8 Å². The molecule has 0 spiro atoms. The number of benzene rings is 4. The highest BCUT2D eigenvalue weighted by molar-refractivity contribution is 7.07. The lowest BCUT2D eigenvalue weighted by atomic mass is 9.93. The van der Waals surface area contributed by atoms with Crippen molar-refractivity contribution in [2.45, 2.75) is 13.0 Å². The molecule has 0 fully saturated rings. The van der Waals surface area contributed by atoms with Crippen LogP contribution in [0.4, 0.5) is 0 Å². The Morgan fingerprint density at radius 2 is 1.64 bits per heavy atom. The number of carbonyl (C=O) groups excluding carboxylic acids is 1. The van der Waals surface area contributed by atoms with Crippen LogP contribution in [0.15, 0.2) is 118 Å². The van der Waals surface area contributed by atoms with Gasteiger partial charge >= 0.3 is 5.97 Å². The quantitative estimate of drug-likeness (QED) is 0.203. The molecule has 0 bridgehead atoms. The van der Waals surface area contributed by atoms with E-state index in [1.807, 2.05) is 109 Å². The van der Waals surface area contributed by atoms with Crippen molar-refractivity contribution in [2.24, 2.45) is 4.99 Å². The first-order chi connectivity index (χ1) is 23.0. The second-order valence-electron chi connectivity index (χ2n) is 10.9. The fourth-order valence-electron chi connectivity index (χ4n) is 6.06. The van der Waals surface area contributed by atoms with E-state index in [-0.39, 0.29) is 17.7 Å². The Morgan fingerprint density at radius 3 is 2.34 bits per heavy atom. The van der Waals surface area contributed by atoms with Gasteiger partial charge in [-0.2, -0.15) is 0 Å². The molecule has 0 amide bonds. The SMILES string of the molecule is CCOC(=O)C1=C(c2ccccc2)N=c2s/c(=C\c3c(-c4ccccc4)[nH]c4c(OC)cccc34)c(=O)n2[C@@H]1c1cccc(OC)c1. The number of hydrogen-bond donors (Lipinski definition) is 1. The number of ether oxygens (including phenoxy) is 3. The number of esters is 1. The maximum atomic E-state index is 14.6. The third kappa shape index (κ3) is 5.34. The van der Waals surface area contributed by atoms with Gasteiger partial charge in [0, 0.05) is 16.5 Å². The molecule has 6 aromatic rings. The van der Waals surface area contributed by atoms with E-state index in [0.717, 1.165) is 33.3 Å². The van der Waals surface area contributed by atoms with Gasteiger partial charge in [-0.25, -0.2) is 9.79 Å². The minimum atomic E-state index is -0.811. The summed E-state index contributed by atoms with van der Waals surface area (Å²) in [5.41, 5.74) is 5.43. The summed E-state index contributed by atoms with van der Waals surface area (Å²) >= 11 is 1.28. The minimum Gasteiger partial charge on any atom is -0.497 e. The number of methoxy groups -OCH3 is 2. The predicted octanol–water partition coefficient (Wildman–Crippen LogP) is 6.10. The molecule has 8 nitrogen and oxygen atoms in total. The Labute approximate surface area is 274 Å². The van der Waals surface area contributed by atoms with Crippen LogP contribution in [0.5, 0.6) is 11.5 Å². The van der Waals surface area contributed by atoms with Gasteiger partial charge in [0.15, 0.2) is 4.80 Å². The first-order valence-corrected chi connectivity index (χ1v) is 16.0. The molecule has 2 aromatic heterocycles. The molecule has 47 heavy (non-hydrogen) atoms. The Morgan fingerprint density at radius 1 is 0.915 bits per heavy atom. The van der Waals surface area contributed by atoms with Crippen LogP contribution in [0.2, 0.25) is 0 Å². The number of aromatic nitrogens is 2. The maximum absolute atomic E-state index is 14.6. The summed E-state index contributed by atoms with van der Waals surface area (Å²) in [6, 6.07) is 31.9. The smallest absolute Gasteiger partial charge is 0.338 e. The number of thiazole rings is 1. The molecule has 1 N–H and O–H groups in total. The molecule has 7 rings (SSSR count). The highest BCUT2D eigenvalue weighted by Crippen LogP contribution is 2.37. The average Bonchev–Trinajstić information content (AvgIpc) is 3.65. The van der Waals surface area contributed by atoms with Crippen molar-refractivity contribution in [1.29, 1.82) is 0 Å². The lowest BCUT2D eigenvalue weighted by Gasteiger charge is -2.26. The third-order valence-electron chi connectivity index (χ3n) is 8.18. The summed E-state index contributed by atoms with van der Waals surface area (Å²) in [6.07, 6.45) is 1.91. The molecule has 0 aliphatic carbocycles. The third-order valence-corrected chi connectivity index (χ3v) is 9.16. The van der Waals surface area contributed by atoms with Crippen molar-refractivity contribution in [3.05, 3.63) is 145 Å². The van der Waals surface area contributed by atoms with E-state index < -0.39 is 12.0 Å². The largest absolute Gasteiger partial charge is 0.497 e. The highest BCUT2D eigenvalue weighted by Gasteiger charge is 2.35. The molecule has 1 aliphatic heterocycles. The number of rotatable bonds is 8. The number of carbonyl (C=O) groups is 1. The molecule has 9 heteroatoms. The van der Waals surface area contributed by atoms with E-state index in [0.29, 0.717) is 32.1 Å². The second-order valence-corrected chi connectivity index (χ2v) is 11.9. The van der Waals surface area contributed by atoms with Gasteiger partial charge in [0.1, 0.15) is 11.5 Å². The molecule has 1 aliphatic rings. The van der Waals surface area contributed by atoms with Crippen LogP contribution in [0.1, 0.15) is 29.7 Å². The monoisotopic (exact) mass is 641 g/mol. The molecule has 1 atom stereocenters. The van der Waals surface area contributed by atoms with Gasteiger partial charge in [-0.15, -0.1) is 0 Å². The van der Waals surface area contributed by atoms with E-state index in [1.54, 1.807) is 25.7 Å². The number of nitrogens with one attached hydrogen (secondary N) is 1. The van der Waals surface area contributed by atoms with Gasteiger partial charge in [-0.1, -0.05) is 96.3 Å². The number of nitrogens with zero attached hydrogens (tertiary/aromatic N) is 2. The second kappa shape index (κ2) is 12.6. The Hall–Kier alpha value is -5.67. The number of para-hydroxylation sites is 1. The van der Waals surface area contributed by atoms with Crippen LogP contribution in [-0.4, -0.2) is 36.3 Å². The van der Waals surface area contributed by atoms with E-state index in [9.17, 15) is 9.59 Å². The van der Waals surface area contributed by atoms with Crippen molar-refractivity contribution in [2.75, 3.05) is 20.8 Å². The summed E-state index contributed by atoms with van der Waals surface area (Å²) in [5.74, 6) is 0.768. The number of fused-ring (bicyclic) bond motifs is 2. The van der Waals surface area contributed by atoms with Crippen LogP contribution in [0.25, 0.3) is 33.9 Å². The summed E-state index contributed by atoms with van der Waals surface area (Å²) < 4.78 is 18.9. The van der Waals surface area contributed by atoms with Crippen molar-refractivity contribution >= 4 is 40.0 Å². The van der Waals surface area contributed by atoms with Gasteiger partial charge < -0.3 is 19.2 Å². The van der Waals surface area contributed by atoms with E-state index in [1.165, 1.54) is 11.3 Å². The lowest BCUT2D eigenvalue weighted by molar-refractivity contribution is -0.138. The molecule has 4 aromatic carbocycles. The standard InChI is InChI=1S/C38H31N3O5S/c1-4-46-37(43)31-33(24-15-9-6-10-16-24)40-38-41(35(31)25-17-11-18-26(21-25)44-2)36(42)30(47-38)22-28-27-19-12-20-29(45-3)34(27)39-32(28)23-13-7-5-8-14-23/h5-22,35,39H,4H2,1-3H3/b30-22-/t35-/m1/s1. The number of H-pyrrole nitrogens is 1. The molecular weight excluding hydrogens is 611 g/mol. The summed E-state index contributed by atoms with van der Waals surface area (Å²) in [4.78, 5) is 37.4. The van der Waals surface area contributed by atoms with Crippen molar-refractivity contribution in [3.63, 3.8) is 0 Å². The normalized spacial score (nSPS) is 14.5. The first-order valence-electron chi connectivity index (χ1n) is 15.2. The zero-order valence-electron chi connectivity index (χ0n) is 26.0. The molecule has 0 radical (unpaired) electrons. The molecule has 0 saturated heterocycles. The topological polar surface area (TPSA) is 94.9 Å². The molecule has 0 unspecified atom stereocenters. The van der Waals surface area contributed by atoms with Crippen molar-refractivity contribution < 1.29 is 19.0 Å². The van der Waals surface area contributed by atoms with E-state index in [4.69, 9.17) is 19.2 Å². The van der Waals surface area contributed by atoms with Crippen LogP contribution < -0.4 is 24.4 Å².